The summed E-state index contributed by atoms with van der Waals surface area (Å²) in [4.78, 5) is 13.8. The average Bonchev–Trinajstić information content (AvgIpc) is 2.72. The van der Waals surface area contributed by atoms with Crippen molar-refractivity contribution < 1.29 is 27.1 Å². The van der Waals surface area contributed by atoms with Crippen LogP contribution in [0.5, 0.6) is 5.75 Å². The molecule has 0 saturated carbocycles. The molecular formula is C20H23FN2O5S. The summed E-state index contributed by atoms with van der Waals surface area (Å²) >= 11 is 0. The lowest BCUT2D eigenvalue weighted by atomic mass is 10.2. The Morgan fingerprint density at radius 3 is 2.41 bits per heavy atom. The van der Waals surface area contributed by atoms with Gasteiger partial charge in [0.05, 0.1) is 31.7 Å². The third-order valence-electron chi connectivity index (χ3n) is 4.52. The molecule has 156 valence electrons. The van der Waals surface area contributed by atoms with E-state index in [4.69, 9.17) is 9.47 Å². The quantitative estimate of drug-likeness (QED) is 0.683. The Morgan fingerprint density at radius 2 is 1.79 bits per heavy atom. The van der Waals surface area contributed by atoms with E-state index in [9.17, 15) is 17.6 Å². The van der Waals surface area contributed by atoms with E-state index in [2.05, 4.69) is 0 Å². The van der Waals surface area contributed by atoms with Crippen molar-refractivity contribution in [3.63, 3.8) is 0 Å². The van der Waals surface area contributed by atoms with Crippen LogP contribution < -0.4 is 9.04 Å². The van der Waals surface area contributed by atoms with Crippen LogP contribution in [0.2, 0.25) is 0 Å². The van der Waals surface area contributed by atoms with E-state index in [-0.39, 0.29) is 24.6 Å². The molecule has 0 N–H and O–H groups in total. The van der Waals surface area contributed by atoms with Gasteiger partial charge in [0.2, 0.25) is 10.0 Å². The molecule has 1 aliphatic rings. The number of carbonyl (C=O) groups is 1. The fraction of sp³-hybridized carbons (Fsp3) is 0.350. The molecule has 1 heterocycles. The minimum atomic E-state index is -3.63. The largest absolute Gasteiger partial charge is 0.484 e. The minimum Gasteiger partial charge on any atom is -0.484 e. The van der Waals surface area contributed by atoms with Crippen molar-refractivity contribution in [3.05, 3.63) is 59.9 Å². The van der Waals surface area contributed by atoms with E-state index in [1.165, 1.54) is 6.07 Å². The Morgan fingerprint density at radius 1 is 1.14 bits per heavy atom. The van der Waals surface area contributed by atoms with Gasteiger partial charge in [-0.05, 0) is 30.3 Å². The molecule has 2 aromatic carbocycles. The maximum absolute atomic E-state index is 14.0. The first kappa shape index (κ1) is 21.1. The molecule has 29 heavy (non-hydrogen) atoms. The van der Waals surface area contributed by atoms with Gasteiger partial charge in [0.25, 0.3) is 5.91 Å². The zero-order valence-corrected chi connectivity index (χ0v) is 16.9. The van der Waals surface area contributed by atoms with Gasteiger partial charge in [0, 0.05) is 18.7 Å². The van der Waals surface area contributed by atoms with Crippen molar-refractivity contribution in [1.29, 1.82) is 0 Å². The third-order valence-corrected chi connectivity index (χ3v) is 5.66. The number of hydrogen-bond acceptors (Lipinski definition) is 5. The van der Waals surface area contributed by atoms with Gasteiger partial charge in [-0.3, -0.25) is 9.10 Å². The summed E-state index contributed by atoms with van der Waals surface area (Å²) in [6.45, 7) is 1.89. The molecule has 0 bridgehead atoms. The Labute approximate surface area is 169 Å². The van der Waals surface area contributed by atoms with Gasteiger partial charge in [-0.15, -0.1) is 0 Å². The Kier molecular flexibility index (Phi) is 6.71. The van der Waals surface area contributed by atoms with E-state index >= 15 is 0 Å². The smallest absolute Gasteiger partial charge is 0.260 e. The normalized spacial score (nSPS) is 14.5. The number of morpholine rings is 1. The molecule has 7 nitrogen and oxygen atoms in total. The number of ether oxygens (including phenoxy) is 2. The molecule has 0 aromatic heterocycles. The molecule has 0 atom stereocenters. The van der Waals surface area contributed by atoms with Gasteiger partial charge < -0.3 is 14.4 Å². The molecule has 1 aliphatic heterocycles. The van der Waals surface area contributed by atoms with Crippen LogP contribution in [0.15, 0.2) is 48.5 Å². The second-order valence-electron chi connectivity index (χ2n) is 6.64. The molecule has 0 unspecified atom stereocenters. The van der Waals surface area contributed by atoms with Gasteiger partial charge in [-0.25, -0.2) is 12.8 Å². The summed E-state index contributed by atoms with van der Waals surface area (Å²) in [5.41, 5.74) is 0.650. The average molecular weight is 422 g/mol. The number of sulfonamides is 1. The lowest BCUT2D eigenvalue weighted by Gasteiger charge is -2.26. The van der Waals surface area contributed by atoms with Gasteiger partial charge in [-0.1, -0.05) is 18.2 Å². The van der Waals surface area contributed by atoms with Gasteiger partial charge >= 0.3 is 0 Å². The minimum absolute atomic E-state index is 0.107. The summed E-state index contributed by atoms with van der Waals surface area (Å²) in [6.07, 6.45) is 1.07. The highest BCUT2D eigenvalue weighted by Crippen LogP contribution is 2.24. The monoisotopic (exact) mass is 422 g/mol. The summed E-state index contributed by atoms with van der Waals surface area (Å²) in [6, 6.07) is 12.3. The summed E-state index contributed by atoms with van der Waals surface area (Å²) < 4.78 is 50.3. The lowest BCUT2D eigenvalue weighted by Crippen LogP contribution is -2.42. The molecule has 1 saturated heterocycles. The van der Waals surface area contributed by atoms with E-state index in [1.54, 1.807) is 47.4 Å². The first-order valence-electron chi connectivity index (χ1n) is 9.14. The zero-order valence-electron chi connectivity index (χ0n) is 16.1. The Bertz CT molecular complexity index is 944. The van der Waals surface area contributed by atoms with E-state index in [1.807, 2.05) is 0 Å². The van der Waals surface area contributed by atoms with Crippen molar-refractivity contribution >= 4 is 21.6 Å². The highest BCUT2D eigenvalue weighted by atomic mass is 32.2. The maximum Gasteiger partial charge on any atom is 0.260 e. The topological polar surface area (TPSA) is 76.2 Å². The highest BCUT2D eigenvalue weighted by molar-refractivity contribution is 7.92. The van der Waals surface area contributed by atoms with Gasteiger partial charge in [-0.2, -0.15) is 0 Å². The van der Waals surface area contributed by atoms with Crippen molar-refractivity contribution in [2.75, 3.05) is 43.5 Å². The SMILES string of the molecule is CS(=O)(=O)N(Cc1ccccc1F)c1ccc(OCC(=O)N2CCOCC2)cc1. The predicted molar refractivity (Wildman–Crippen MR) is 107 cm³/mol. The fourth-order valence-corrected chi connectivity index (χ4v) is 3.82. The molecule has 3 rings (SSSR count). The van der Waals surface area contributed by atoms with Crippen molar-refractivity contribution in [3.8, 4) is 5.75 Å². The second kappa shape index (κ2) is 9.23. The number of halogens is 1. The Hall–Kier alpha value is -2.65. The van der Waals surface area contributed by atoms with Gasteiger partial charge in [0.15, 0.2) is 6.61 Å². The van der Waals surface area contributed by atoms with Crippen molar-refractivity contribution in [2.24, 2.45) is 0 Å². The number of nitrogens with zero attached hydrogens (tertiary/aromatic N) is 2. The van der Waals surface area contributed by atoms with Crippen molar-refractivity contribution in [1.82, 2.24) is 4.90 Å². The molecule has 2 aromatic rings. The van der Waals surface area contributed by atoms with Crippen molar-refractivity contribution in [2.45, 2.75) is 6.54 Å². The molecule has 9 heteroatoms. The summed E-state index contributed by atoms with van der Waals surface area (Å²) in [5, 5.41) is 0. The van der Waals surface area contributed by atoms with Crippen LogP contribution in [-0.2, 0) is 26.1 Å². The van der Waals surface area contributed by atoms with Crippen LogP contribution >= 0.6 is 0 Å². The number of carbonyl (C=O) groups excluding carboxylic acids is 1. The fourth-order valence-electron chi connectivity index (χ4n) is 2.94. The lowest BCUT2D eigenvalue weighted by molar-refractivity contribution is -0.137. The number of amides is 1. The van der Waals surface area contributed by atoms with Crippen LogP contribution in [0.1, 0.15) is 5.56 Å². The van der Waals surface area contributed by atoms with Gasteiger partial charge in [0.1, 0.15) is 11.6 Å². The van der Waals surface area contributed by atoms with Crippen LogP contribution in [-0.4, -0.2) is 58.4 Å². The van der Waals surface area contributed by atoms with Crippen LogP contribution in [0.3, 0.4) is 0 Å². The molecule has 1 fully saturated rings. The van der Waals surface area contributed by atoms with Crippen LogP contribution in [0.25, 0.3) is 0 Å². The zero-order chi connectivity index (χ0) is 20.9. The molecule has 0 spiro atoms. The third kappa shape index (κ3) is 5.68. The maximum atomic E-state index is 14.0. The summed E-state index contributed by atoms with van der Waals surface area (Å²) in [7, 11) is -3.63. The molecular weight excluding hydrogens is 399 g/mol. The molecule has 1 amide bonds. The highest BCUT2D eigenvalue weighted by Gasteiger charge is 2.20. The van der Waals surface area contributed by atoms with Crippen LogP contribution in [0, 0.1) is 5.82 Å². The number of anilines is 1. The second-order valence-corrected chi connectivity index (χ2v) is 8.54. The van der Waals surface area contributed by atoms with E-state index in [0.717, 1.165) is 10.6 Å². The number of rotatable bonds is 7. The number of benzene rings is 2. The van der Waals surface area contributed by atoms with Crippen LogP contribution in [0.4, 0.5) is 10.1 Å². The predicted octanol–water partition coefficient (Wildman–Crippen LogP) is 2.03. The molecule has 0 radical (unpaired) electrons. The Balaban J connectivity index is 1.67. The molecule has 0 aliphatic carbocycles. The summed E-state index contributed by atoms with van der Waals surface area (Å²) in [5.74, 6) is -0.160. The first-order valence-corrected chi connectivity index (χ1v) is 11.0. The standard InChI is InChI=1S/C20H23FN2O5S/c1-29(25,26)23(14-16-4-2-3-5-19(16)21)17-6-8-18(9-7-17)28-15-20(24)22-10-12-27-13-11-22/h2-9H,10-15H2,1H3. The number of hydrogen-bond donors (Lipinski definition) is 0. The van der Waals surface area contributed by atoms with E-state index < -0.39 is 15.8 Å². The van der Waals surface area contributed by atoms with E-state index in [0.29, 0.717) is 37.7 Å². The first-order chi connectivity index (χ1) is 13.8.